The average molecular weight is 660 g/mol. The Hall–Kier alpha value is -2.57. The molecule has 1 spiro atoms. The van der Waals surface area contributed by atoms with Crippen LogP contribution >= 0.6 is 15.9 Å². The molecule has 0 radical (unpaired) electrons. The van der Waals surface area contributed by atoms with Crippen molar-refractivity contribution in [3.8, 4) is 0 Å². The van der Waals surface area contributed by atoms with Crippen LogP contribution in [0.15, 0.2) is 55.6 Å². The number of rotatable bonds is 13. The monoisotopic (exact) mass is 658 g/mol. The fourth-order valence-corrected chi connectivity index (χ4v) is 8.24. The standard InChI is InChI=1S/C32H43BrN4O6/c1-4-11-35(14-13-34-15-17-42-18-16-34)31(41)28-32-19-24(33)27(43-32)25(26(32)30(40)37(28)22(3)21-38)29(39)36(12-5-2)20-23-9-7-6-8-10-23/h4-10,22,24-28,38H,1-2,11-21H2,3H3/t22-,24?,25-,26+,27-,28?,32?/m1/s1. The van der Waals surface area contributed by atoms with E-state index in [-0.39, 0.29) is 29.2 Å². The fourth-order valence-electron chi connectivity index (χ4n) is 7.30. The van der Waals surface area contributed by atoms with E-state index >= 15 is 0 Å². The Morgan fingerprint density at radius 3 is 2.47 bits per heavy atom. The van der Waals surface area contributed by atoms with E-state index in [0.29, 0.717) is 52.4 Å². The molecule has 0 aromatic heterocycles. The molecular weight excluding hydrogens is 616 g/mol. The Kier molecular flexibility index (Phi) is 10.1. The molecule has 2 bridgehead atoms. The van der Waals surface area contributed by atoms with Crippen LogP contribution in [-0.2, 0) is 30.4 Å². The number of nitrogens with zero attached hydrogens (tertiary/aromatic N) is 4. The number of alkyl halides is 1. The average Bonchev–Trinajstić information content (AvgIpc) is 3.62. The van der Waals surface area contributed by atoms with Gasteiger partial charge in [0.1, 0.15) is 11.6 Å². The van der Waals surface area contributed by atoms with E-state index < -0.39 is 35.6 Å². The maximum Gasteiger partial charge on any atom is 0.248 e. The van der Waals surface area contributed by atoms with Gasteiger partial charge in [0.05, 0.1) is 43.8 Å². The van der Waals surface area contributed by atoms with Crippen molar-refractivity contribution in [2.24, 2.45) is 11.8 Å². The van der Waals surface area contributed by atoms with Gasteiger partial charge in [0.25, 0.3) is 0 Å². The number of likely N-dealkylation sites (tertiary alicyclic amines) is 1. The van der Waals surface area contributed by atoms with Crippen molar-refractivity contribution in [2.75, 3.05) is 59.1 Å². The number of morpholine rings is 1. The minimum Gasteiger partial charge on any atom is -0.394 e. The topological polar surface area (TPSA) is 103 Å². The maximum atomic E-state index is 14.5. The van der Waals surface area contributed by atoms with Crippen molar-refractivity contribution >= 4 is 33.7 Å². The van der Waals surface area contributed by atoms with Crippen molar-refractivity contribution in [2.45, 2.75) is 48.5 Å². The molecule has 1 aromatic rings. The smallest absolute Gasteiger partial charge is 0.248 e. The number of aliphatic hydroxyl groups is 1. The molecule has 5 rings (SSSR count). The van der Waals surface area contributed by atoms with Gasteiger partial charge in [-0.05, 0) is 18.9 Å². The number of ether oxygens (including phenoxy) is 2. The van der Waals surface area contributed by atoms with E-state index in [0.717, 1.165) is 18.7 Å². The van der Waals surface area contributed by atoms with E-state index in [1.165, 1.54) is 4.90 Å². The highest BCUT2D eigenvalue weighted by molar-refractivity contribution is 9.09. The summed E-state index contributed by atoms with van der Waals surface area (Å²) < 4.78 is 12.2. The first-order valence-electron chi connectivity index (χ1n) is 15.2. The van der Waals surface area contributed by atoms with Crippen LogP contribution < -0.4 is 0 Å². The third kappa shape index (κ3) is 5.94. The largest absolute Gasteiger partial charge is 0.394 e. The SMILES string of the molecule is C=CCN(CCN1CCOCC1)C(=O)C1N([C@H](C)CO)C(=O)[C@@H]2[C@@H](C(=O)N(CC=C)Cc3ccccc3)[C@@H]3OC12CC3Br. The Morgan fingerprint density at radius 2 is 1.81 bits per heavy atom. The van der Waals surface area contributed by atoms with Crippen LogP contribution in [0, 0.1) is 11.8 Å². The number of carbonyl (C=O) groups is 3. The summed E-state index contributed by atoms with van der Waals surface area (Å²) in [5, 5.41) is 10.2. The van der Waals surface area contributed by atoms with Crippen molar-refractivity contribution in [3.05, 3.63) is 61.2 Å². The Balaban J connectivity index is 1.47. The zero-order chi connectivity index (χ0) is 30.7. The van der Waals surface area contributed by atoms with Crippen molar-refractivity contribution in [3.63, 3.8) is 0 Å². The Labute approximate surface area is 262 Å². The molecule has 7 atom stereocenters. The molecule has 4 aliphatic rings. The third-order valence-electron chi connectivity index (χ3n) is 9.31. The number of fused-ring (bicyclic) bond motifs is 1. The van der Waals surface area contributed by atoms with Gasteiger partial charge in [0.15, 0.2) is 0 Å². The van der Waals surface area contributed by atoms with Crippen LogP contribution in [0.2, 0.25) is 0 Å². The lowest BCUT2D eigenvalue weighted by molar-refractivity contribution is -0.151. The molecule has 4 aliphatic heterocycles. The highest BCUT2D eigenvalue weighted by Gasteiger charge is 2.77. The number of hydrogen-bond donors (Lipinski definition) is 1. The van der Waals surface area contributed by atoms with Gasteiger partial charge in [-0.2, -0.15) is 0 Å². The molecule has 10 nitrogen and oxygen atoms in total. The van der Waals surface area contributed by atoms with Crippen molar-refractivity contribution in [1.82, 2.24) is 19.6 Å². The molecule has 3 unspecified atom stereocenters. The molecule has 234 valence electrons. The summed E-state index contributed by atoms with van der Waals surface area (Å²) in [7, 11) is 0. The molecule has 4 fully saturated rings. The first-order chi connectivity index (χ1) is 20.8. The van der Waals surface area contributed by atoms with E-state index in [9.17, 15) is 19.5 Å². The number of halogens is 1. The molecule has 4 heterocycles. The van der Waals surface area contributed by atoms with E-state index in [2.05, 4.69) is 34.0 Å². The molecule has 1 N–H and O–H groups in total. The summed E-state index contributed by atoms with van der Waals surface area (Å²) in [4.78, 5) is 50.2. The summed E-state index contributed by atoms with van der Waals surface area (Å²) in [6.45, 7) is 14.1. The predicted molar refractivity (Wildman–Crippen MR) is 165 cm³/mol. The predicted octanol–water partition coefficient (Wildman–Crippen LogP) is 1.68. The number of aliphatic hydroxyl groups excluding tert-OH is 1. The van der Waals surface area contributed by atoms with Crippen molar-refractivity contribution in [1.29, 1.82) is 0 Å². The highest BCUT2D eigenvalue weighted by Crippen LogP contribution is 2.60. The second-order valence-corrected chi connectivity index (χ2v) is 13.1. The molecule has 0 saturated carbocycles. The molecule has 11 heteroatoms. The van der Waals surface area contributed by atoms with Crippen molar-refractivity contribution < 1.29 is 29.0 Å². The fraction of sp³-hybridized carbons (Fsp3) is 0.594. The van der Waals surface area contributed by atoms with Crippen LogP contribution in [-0.4, -0.2) is 130 Å². The summed E-state index contributed by atoms with van der Waals surface area (Å²) in [5.74, 6) is -2.37. The summed E-state index contributed by atoms with van der Waals surface area (Å²) in [6, 6.07) is 8.09. The van der Waals surface area contributed by atoms with Crippen LogP contribution in [0.25, 0.3) is 0 Å². The van der Waals surface area contributed by atoms with E-state index in [4.69, 9.17) is 9.47 Å². The van der Waals surface area contributed by atoms with Crippen LogP contribution in [0.3, 0.4) is 0 Å². The zero-order valence-corrected chi connectivity index (χ0v) is 26.4. The Bertz CT molecular complexity index is 1200. The minimum absolute atomic E-state index is 0.196. The van der Waals surface area contributed by atoms with Gasteiger partial charge < -0.3 is 29.3 Å². The normalized spacial score (nSPS) is 30.6. The third-order valence-corrected chi connectivity index (χ3v) is 10.2. The first kappa shape index (κ1) is 31.8. The number of carbonyl (C=O) groups excluding carboxylic acids is 3. The van der Waals surface area contributed by atoms with Gasteiger partial charge in [-0.15, -0.1) is 13.2 Å². The maximum absolute atomic E-state index is 14.5. The molecule has 0 aliphatic carbocycles. The quantitative estimate of drug-likeness (QED) is 0.254. The molecule has 4 saturated heterocycles. The minimum atomic E-state index is -1.19. The number of amides is 3. The lowest BCUT2D eigenvalue weighted by Crippen LogP contribution is -2.59. The Morgan fingerprint density at radius 1 is 1.14 bits per heavy atom. The van der Waals surface area contributed by atoms with Gasteiger partial charge in [0.2, 0.25) is 17.7 Å². The van der Waals surface area contributed by atoms with Crippen LogP contribution in [0.5, 0.6) is 0 Å². The molecule has 1 aromatic carbocycles. The zero-order valence-electron chi connectivity index (χ0n) is 24.9. The van der Waals surface area contributed by atoms with Gasteiger partial charge in [-0.25, -0.2) is 0 Å². The number of benzene rings is 1. The molecule has 3 amide bonds. The summed E-state index contributed by atoms with van der Waals surface area (Å²) in [5.41, 5.74) is -0.226. The lowest BCUT2D eigenvalue weighted by atomic mass is 9.70. The van der Waals surface area contributed by atoms with Crippen LogP contribution in [0.4, 0.5) is 0 Å². The summed E-state index contributed by atoms with van der Waals surface area (Å²) >= 11 is 3.76. The van der Waals surface area contributed by atoms with Gasteiger partial charge in [-0.1, -0.05) is 58.4 Å². The molecule has 43 heavy (non-hydrogen) atoms. The number of hydrogen-bond acceptors (Lipinski definition) is 7. The molecular formula is C32H43BrN4O6. The van der Waals surface area contributed by atoms with Gasteiger partial charge in [-0.3, -0.25) is 19.3 Å². The van der Waals surface area contributed by atoms with Crippen LogP contribution in [0.1, 0.15) is 18.9 Å². The first-order valence-corrected chi connectivity index (χ1v) is 16.1. The van der Waals surface area contributed by atoms with Gasteiger partial charge >= 0.3 is 0 Å². The van der Waals surface area contributed by atoms with E-state index in [1.54, 1.807) is 28.9 Å². The van der Waals surface area contributed by atoms with Gasteiger partial charge in [0, 0.05) is 50.6 Å². The second-order valence-electron chi connectivity index (χ2n) is 12.0. The summed E-state index contributed by atoms with van der Waals surface area (Å²) in [6.07, 6.45) is 3.22. The second kappa shape index (κ2) is 13.6. The highest BCUT2D eigenvalue weighted by atomic mass is 79.9. The lowest BCUT2D eigenvalue weighted by Gasteiger charge is -2.39. The van der Waals surface area contributed by atoms with E-state index in [1.807, 2.05) is 30.3 Å².